The minimum Gasteiger partial charge on any atom is -0.509 e. The summed E-state index contributed by atoms with van der Waals surface area (Å²) in [7, 11) is 0. The molecular weight excluding hydrogens is 286 g/mol. The van der Waals surface area contributed by atoms with Crippen LogP contribution in [0.25, 0.3) is 0 Å². The van der Waals surface area contributed by atoms with Crippen LogP contribution in [0.5, 0.6) is 0 Å². The number of carbonyl (C=O) groups is 2. The Morgan fingerprint density at radius 2 is 2.09 bits per heavy atom. The Kier molecular flexibility index (Phi) is 3.10. The second-order valence-corrected chi connectivity index (χ2v) is 5.66. The molecule has 1 aromatic carbocycles. The highest BCUT2D eigenvalue weighted by molar-refractivity contribution is 6.25. The van der Waals surface area contributed by atoms with Gasteiger partial charge in [-0.25, -0.2) is 0 Å². The molecule has 2 atom stereocenters. The molecule has 3 rings (SSSR count). The molecule has 0 spiro atoms. The number of fused-ring (bicyclic) bond motifs is 1. The van der Waals surface area contributed by atoms with Gasteiger partial charge in [0.05, 0.1) is 6.61 Å². The second kappa shape index (κ2) is 4.74. The van der Waals surface area contributed by atoms with E-state index in [1.165, 1.54) is 4.90 Å². The van der Waals surface area contributed by atoms with Crippen LogP contribution in [0.4, 0.5) is 11.4 Å². The van der Waals surface area contributed by atoms with Crippen molar-refractivity contribution in [3.63, 3.8) is 0 Å². The summed E-state index contributed by atoms with van der Waals surface area (Å²) in [4.78, 5) is 26.2. The van der Waals surface area contributed by atoms with Crippen LogP contribution in [0.3, 0.4) is 0 Å². The molecule has 4 N–H and O–H groups in total. The lowest BCUT2D eigenvalue weighted by atomic mass is 10.0. The molecule has 2 amide bonds. The average Bonchev–Trinajstić information content (AvgIpc) is 2.87. The van der Waals surface area contributed by atoms with Crippen molar-refractivity contribution in [2.75, 3.05) is 17.7 Å². The molecule has 0 aliphatic carbocycles. The van der Waals surface area contributed by atoms with Gasteiger partial charge in [0.1, 0.15) is 23.1 Å². The molecule has 2 heterocycles. The van der Waals surface area contributed by atoms with Gasteiger partial charge in [-0.15, -0.1) is 0 Å². The summed E-state index contributed by atoms with van der Waals surface area (Å²) in [5.41, 5.74) is 5.42. The Hall–Kier alpha value is -2.54. The standard InChI is InChI=1S/C15H17N3O4/c1-8-18-14(21)11(12(19)15(18,2)7-22-8)13(20)17-10-5-3-9(16)4-6-10/h3-6,8,19H,7,16H2,1-2H3,(H,17,20)/t8-,15-/m1/s1. The van der Waals surface area contributed by atoms with E-state index >= 15 is 0 Å². The van der Waals surface area contributed by atoms with Crippen LogP contribution in [0.1, 0.15) is 13.8 Å². The predicted molar refractivity (Wildman–Crippen MR) is 79.8 cm³/mol. The summed E-state index contributed by atoms with van der Waals surface area (Å²) in [5.74, 6) is -1.43. The SMILES string of the molecule is C[C@H]1OC[C@]2(C)C(O)=C(C(=O)Nc3ccc(N)cc3)C(=O)N12. The third-order valence-corrected chi connectivity index (χ3v) is 4.08. The summed E-state index contributed by atoms with van der Waals surface area (Å²) in [6, 6.07) is 6.52. The lowest BCUT2D eigenvalue weighted by Gasteiger charge is -2.27. The van der Waals surface area contributed by atoms with Gasteiger partial charge >= 0.3 is 0 Å². The fourth-order valence-electron chi connectivity index (χ4n) is 2.86. The number of hydrogen-bond acceptors (Lipinski definition) is 5. The van der Waals surface area contributed by atoms with Crippen LogP contribution in [0.2, 0.25) is 0 Å². The van der Waals surface area contributed by atoms with Crippen LogP contribution < -0.4 is 11.1 Å². The second-order valence-electron chi connectivity index (χ2n) is 5.66. The smallest absolute Gasteiger partial charge is 0.265 e. The van der Waals surface area contributed by atoms with E-state index in [2.05, 4.69) is 5.32 Å². The maximum absolute atomic E-state index is 12.4. The van der Waals surface area contributed by atoms with Crippen molar-refractivity contribution >= 4 is 23.2 Å². The van der Waals surface area contributed by atoms with Gasteiger partial charge in [-0.05, 0) is 38.1 Å². The topological polar surface area (TPSA) is 105 Å². The number of nitrogens with zero attached hydrogens (tertiary/aromatic N) is 1. The molecule has 116 valence electrons. The van der Waals surface area contributed by atoms with E-state index in [4.69, 9.17) is 10.5 Å². The molecular formula is C15H17N3O4. The number of benzene rings is 1. The molecule has 1 aromatic rings. The highest BCUT2D eigenvalue weighted by atomic mass is 16.5. The van der Waals surface area contributed by atoms with Crippen molar-refractivity contribution < 1.29 is 19.4 Å². The number of nitrogens with two attached hydrogens (primary N) is 1. The molecule has 0 unspecified atom stereocenters. The molecule has 0 saturated carbocycles. The quantitative estimate of drug-likeness (QED) is 0.558. The lowest BCUT2D eigenvalue weighted by Crippen LogP contribution is -2.45. The fourth-order valence-corrected chi connectivity index (χ4v) is 2.86. The number of ether oxygens (including phenoxy) is 1. The minimum absolute atomic E-state index is 0.157. The third kappa shape index (κ3) is 1.93. The zero-order valence-electron chi connectivity index (χ0n) is 12.3. The minimum atomic E-state index is -0.982. The monoisotopic (exact) mass is 303 g/mol. The molecule has 0 radical (unpaired) electrons. The number of nitrogen functional groups attached to an aromatic ring is 1. The third-order valence-electron chi connectivity index (χ3n) is 4.08. The van der Waals surface area contributed by atoms with Crippen molar-refractivity contribution in [2.45, 2.75) is 25.6 Å². The van der Waals surface area contributed by atoms with Crippen LogP contribution in [-0.4, -0.2) is 40.2 Å². The molecule has 22 heavy (non-hydrogen) atoms. The van der Waals surface area contributed by atoms with Gasteiger partial charge < -0.3 is 20.9 Å². The average molecular weight is 303 g/mol. The summed E-state index contributed by atoms with van der Waals surface area (Å²) >= 11 is 0. The molecule has 7 nitrogen and oxygen atoms in total. The fraction of sp³-hybridized carbons (Fsp3) is 0.333. The van der Waals surface area contributed by atoms with Gasteiger partial charge in [0.15, 0.2) is 0 Å². The molecule has 1 fully saturated rings. The summed E-state index contributed by atoms with van der Waals surface area (Å²) in [5, 5.41) is 12.9. The van der Waals surface area contributed by atoms with Crippen LogP contribution in [0, 0.1) is 0 Å². The first kappa shape index (κ1) is 14.4. The number of anilines is 2. The molecule has 0 aromatic heterocycles. The van der Waals surface area contributed by atoms with Crippen LogP contribution in [0.15, 0.2) is 35.6 Å². The summed E-state index contributed by atoms with van der Waals surface area (Å²) in [6.45, 7) is 3.54. The Bertz CT molecular complexity index is 683. The predicted octanol–water partition coefficient (Wildman–Crippen LogP) is 0.996. The molecule has 0 bridgehead atoms. The lowest BCUT2D eigenvalue weighted by molar-refractivity contribution is -0.133. The zero-order chi connectivity index (χ0) is 16.1. The van der Waals surface area contributed by atoms with Crippen molar-refractivity contribution in [1.82, 2.24) is 4.90 Å². The van der Waals surface area contributed by atoms with Crippen LogP contribution in [-0.2, 0) is 14.3 Å². The number of rotatable bonds is 2. The highest BCUT2D eigenvalue weighted by Crippen LogP contribution is 2.40. The van der Waals surface area contributed by atoms with Gasteiger partial charge in [0.2, 0.25) is 0 Å². The maximum Gasteiger partial charge on any atom is 0.265 e. The number of nitrogens with one attached hydrogen (secondary N) is 1. The van der Waals surface area contributed by atoms with Crippen molar-refractivity contribution in [1.29, 1.82) is 0 Å². The number of hydrogen-bond donors (Lipinski definition) is 3. The number of aliphatic hydroxyl groups is 1. The van der Waals surface area contributed by atoms with Crippen molar-refractivity contribution in [3.8, 4) is 0 Å². The number of carbonyl (C=O) groups excluding carboxylic acids is 2. The van der Waals surface area contributed by atoms with Crippen molar-refractivity contribution in [3.05, 3.63) is 35.6 Å². The Balaban J connectivity index is 1.89. The molecule has 2 aliphatic rings. The van der Waals surface area contributed by atoms with E-state index in [9.17, 15) is 14.7 Å². The first-order chi connectivity index (χ1) is 10.3. The van der Waals surface area contributed by atoms with Gasteiger partial charge in [0, 0.05) is 11.4 Å². The zero-order valence-corrected chi connectivity index (χ0v) is 12.3. The first-order valence-corrected chi connectivity index (χ1v) is 6.90. The summed E-state index contributed by atoms with van der Waals surface area (Å²) in [6.07, 6.45) is -0.485. The van der Waals surface area contributed by atoms with E-state index < -0.39 is 23.6 Å². The molecule has 2 aliphatic heterocycles. The van der Waals surface area contributed by atoms with Gasteiger partial charge in [-0.3, -0.25) is 14.5 Å². The van der Waals surface area contributed by atoms with E-state index in [0.29, 0.717) is 11.4 Å². The molecule has 7 heteroatoms. The highest BCUT2D eigenvalue weighted by Gasteiger charge is 2.57. The van der Waals surface area contributed by atoms with Crippen molar-refractivity contribution in [2.24, 2.45) is 0 Å². The number of aliphatic hydroxyl groups excluding tert-OH is 1. The van der Waals surface area contributed by atoms with E-state index in [1.807, 2.05) is 0 Å². The van der Waals surface area contributed by atoms with E-state index in [0.717, 1.165) is 0 Å². The largest absolute Gasteiger partial charge is 0.509 e. The van der Waals surface area contributed by atoms with E-state index in [-0.39, 0.29) is 17.9 Å². The van der Waals surface area contributed by atoms with Gasteiger partial charge in [-0.2, -0.15) is 0 Å². The molecule has 1 saturated heterocycles. The van der Waals surface area contributed by atoms with Crippen LogP contribution >= 0.6 is 0 Å². The first-order valence-electron chi connectivity index (χ1n) is 6.90. The summed E-state index contributed by atoms with van der Waals surface area (Å²) < 4.78 is 5.39. The van der Waals surface area contributed by atoms with Gasteiger partial charge in [0.25, 0.3) is 11.8 Å². The van der Waals surface area contributed by atoms with E-state index in [1.54, 1.807) is 38.1 Å². The Morgan fingerprint density at radius 3 is 2.68 bits per heavy atom. The van der Waals surface area contributed by atoms with Gasteiger partial charge in [-0.1, -0.05) is 0 Å². The Labute approximate surface area is 127 Å². The Morgan fingerprint density at radius 1 is 1.45 bits per heavy atom. The normalized spacial score (nSPS) is 27.3. The number of amides is 2. The maximum atomic E-state index is 12.4.